The largest absolute Gasteiger partial charge is 0.472 e. The topological polar surface area (TPSA) is 160 Å². The molecule has 1 aliphatic rings. The van der Waals surface area contributed by atoms with Crippen LogP contribution in [0, 0.1) is 0 Å². The normalized spacial score (nSPS) is 28.7. The lowest BCUT2D eigenvalue weighted by Crippen LogP contribution is -2.39. The number of aromatic nitrogens is 4. The van der Waals surface area contributed by atoms with E-state index in [-0.39, 0.29) is 12.4 Å². The zero-order valence-electron chi connectivity index (χ0n) is 14.8. The average Bonchev–Trinajstić information content (AvgIpc) is 3.05. The highest BCUT2D eigenvalue weighted by molar-refractivity contribution is 7.47. The third kappa shape index (κ3) is 3.88. The van der Waals surface area contributed by atoms with Crippen molar-refractivity contribution in [2.75, 3.05) is 12.3 Å². The van der Waals surface area contributed by atoms with E-state index in [0.717, 1.165) is 0 Å². The Morgan fingerprint density at radius 2 is 2.27 bits per heavy atom. The molecule has 0 bridgehead atoms. The molecule has 11 nitrogen and oxygen atoms in total. The summed E-state index contributed by atoms with van der Waals surface area (Å²) in [6.07, 6.45) is 1.83. The quantitative estimate of drug-likeness (QED) is 0.606. The van der Waals surface area contributed by atoms with Crippen LogP contribution in [0.25, 0.3) is 5.65 Å². The van der Waals surface area contributed by atoms with Crippen molar-refractivity contribution in [3.8, 4) is 0 Å². The highest BCUT2D eigenvalue weighted by Gasteiger charge is 2.45. The Balaban J connectivity index is 1.76. The number of hydrogen-bond acceptors (Lipinski definition) is 9. The second kappa shape index (κ2) is 6.84. The minimum atomic E-state index is -4.14. The fraction of sp³-hybridized carbons (Fsp3) is 0.643. The molecule has 2 aromatic rings. The highest BCUT2D eigenvalue weighted by atomic mass is 31.2. The van der Waals surface area contributed by atoms with Crippen LogP contribution in [-0.2, 0) is 18.3 Å². The van der Waals surface area contributed by atoms with Gasteiger partial charge in [0, 0.05) is 5.54 Å². The molecule has 1 unspecified atom stereocenters. The Morgan fingerprint density at radius 1 is 1.54 bits per heavy atom. The zero-order chi connectivity index (χ0) is 19.1. The molecule has 1 aliphatic heterocycles. The molecule has 0 spiro atoms. The number of nitrogens with two attached hydrogens (primary N) is 2. The van der Waals surface area contributed by atoms with E-state index in [2.05, 4.69) is 15.1 Å². The van der Waals surface area contributed by atoms with Crippen molar-refractivity contribution in [1.29, 1.82) is 0 Å². The number of fused-ring (bicyclic) bond motifs is 1. The minimum absolute atomic E-state index is 0.127. The van der Waals surface area contributed by atoms with Gasteiger partial charge >= 0.3 is 7.82 Å². The van der Waals surface area contributed by atoms with E-state index in [0.29, 0.717) is 17.8 Å². The van der Waals surface area contributed by atoms with Gasteiger partial charge in [-0.25, -0.2) is 19.0 Å². The van der Waals surface area contributed by atoms with Crippen LogP contribution in [0.4, 0.5) is 5.82 Å². The summed E-state index contributed by atoms with van der Waals surface area (Å²) >= 11 is 0. The molecule has 0 saturated carbocycles. The van der Waals surface area contributed by atoms with Crippen molar-refractivity contribution in [3.63, 3.8) is 0 Å². The van der Waals surface area contributed by atoms with Crippen LogP contribution in [0.1, 0.15) is 39.0 Å². The third-order valence-corrected chi connectivity index (χ3v) is 5.15. The Labute approximate surface area is 150 Å². The molecule has 144 valence electrons. The number of hydrogen-bond donors (Lipinski definition) is 3. The second-order valence-corrected chi connectivity index (χ2v) is 8.24. The summed E-state index contributed by atoms with van der Waals surface area (Å²) in [5.74, 6) is 0.245. The summed E-state index contributed by atoms with van der Waals surface area (Å²) in [4.78, 5) is 17.8. The van der Waals surface area contributed by atoms with E-state index >= 15 is 0 Å². The van der Waals surface area contributed by atoms with E-state index in [1.165, 1.54) is 10.8 Å². The van der Waals surface area contributed by atoms with Crippen LogP contribution < -0.4 is 11.5 Å². The van der Waals surface area contributed by atoms with Crippen LogP contribution in [0.5, 0.6) is 0 Å². The van der Waals surface area contributed by atoms with Gasteiger partial charge in [0.05, 0.1) is 30.7 Å². The molecular formula is C14H23N6O5P. The number of nitrogen functional groups attached to an aromatic ring is 1. The number of phosphoric ester groups is 1. The van der Waals surface area contributed by atoms with Gasteiger partial charge in [-0.05, 0) is 27.2 Å². The lowest BCUT2D eigenvalue weighted by molar-refractivity contribution is -0.00489. The van der Waals surface area contributed by atoms with Gasteiger partial charge < -0.3 is 21.1 Å². The van der Waals surface area contributed by atoms with Gasteiger partial charge in [0.15, 0.2) is 11.5 Å². The monoisotopic (exact) mass is 386 g/mol. The van der Waals surface area contributed by atoms with Crippen LogP contribution in [-0.4, -0.2) is 48.8 Å². The van der Waals surface area contributed by atoms with Crippen LogP contribution in [0.2, 0.25) is 0 Å². The molecule has 0 amide bonds. The lowest BCUT2D eigenvalue weighted by Gasteiger charge is -2.24. The highest BCUT2D eigenvalue weighted by Crippen LogP contribution is 2.46. The molecule has 1 saturated heterocycles. The fourth-order valence-electron chi connectivity index (χ4n) is 3.00. The van der Waals surface area contributed by atoms with Gasteiger partial charge in [-0.3, -0.25) is 9.05 Å². The summed E-state index contributed by atoms with van der Waals surface area (Å²) < 4.78 is 29.2. The molecule has 26 heavy (non-hydrogen) atoms. The minimum Gasteiger partial charge on any atom is -0.381 e. The second-order valence-electron chi connectivity index (χ2n) is 6.83. The van der Waals surface area contributed by atoms with Crippen molar-refractivity contribution in [3.05, 3.63) is 18.2 Å². The molecule has 12 heteroatoms. The zero-order valence-corrected chi connectivity index (χ0v) is 15.7. The number of nitrogens with zero attached hydrogens (tertiary/aromatic N) is 4. The molecule has 0 radical (unpaired) electrons. The van der Waals surface area contributed by atoms with Gasteiger partial charge in [-0.2, -0.15) is 5.10 Å². The SMILES string of the molecule is CC(C)OP(=O)(O)OC[C@@H]1C[C@@](C)(N)[C@H](c2cnc3c(N)ncnn23)O1. The van der Waals surface area contributed by atoms with E-state index in [1.807, 2.05) is 6.92 Å². The molecule has 3 heterocycles. The van der Waals surface area contributed by atoms with Gasteiger partial charge in [0.2, 0.25) is 0 Å². The first-order chi connectivity index (χ1) is 12.1. The summed E-state index contributed by atoms with van der Waals surface area (Å²) in [6.45, 7) is 4.98. The van der Waals surface area contributed by atoms with Gasteiger partial charge in [0.1, 0.15) is 12.4 Å². The Hall–Kier alpha value is -1.62. The predicted molar refractivity (Wildman–Crippen MR) is 92.0 cm³/mol. The summed E-state index contributed by atoms with van der Waals surface area (Å²) in [5.41, 5.74) is 12.5. The Kier molecular flexibility index (Phi) is 5.04. The molecular weight excluding hydrogens is 363 g/mol. The molecule has 2 aromatic heterocycles. The smallest absolute Gasteiger partial charge is 0.381 e. The molecule has 0 aromatic carbocycles. The lowest BCUT2D eigenvalue weighted by atomic mass is 9.91. The maximum Gasteiger partial charge on any atom is 0.472 e. The van der Waals surface area contributed by atoms with E-state index in [9.17, 15) is 9.46 Å². The fourth-order valence-corrected chi connectivity index (χ4v) is 3.95. The molecule has 3 rings (SSSR count). The number of anilines is 1. The summed E-state index contributed by atoms with van der Waals surface area (Å²) in [6, 6.07) is 0. The first kappa shape index (κ1) is 19.2. The molecule has 1 fully saturated rings. The Morgan fingerprint density at radius 3 is 2.96 bits per heavy atom. The first-order valence-corrected chi connectivity index (χ1v) is 9.63. The molecule has 5 N–H and O–H groups in total. The van der Waals surface area contributed by atoms with E-state index < -0.39 is 31.7 Å². The van der Waals surface area contributed by atoms with E-state index in [4.69, 9.17) is 25.3 Å². The van der Waals surface area contributed by atoms with Crippen molar-refractivity contribution in [2.24, 2.45) is 5.73 Å². The third-order valence-electron chi connectivity index (χ3n) is 3.99. The maximum absolute atomic E-state index is 11.8. The van der Waals surface area contributed by atoms with Gasteiger partial charge in [0.25, 0.3) is 0 Å². The molecule has 4 atom stereocenters. The van der Waals surface area contributed by atoms with Crippen LogP contribution in [0.15, 0.2) is 12.5 Å². The van der Waals surface area contributed by atoms with Gasteiger partial charge in [-0.15, -0.1) is 0 Å². The molecule has 0 aliphatic carbocycles. The van der Waals surface area contributed by atoms with Crippen molar-refractivity contribution in [1.82, 2.24) is 19.6 Å². The first-order valence-electron chi connectivity index (χ1n) is 8.13. The van der Waals surface area contributed by atoms with Crippen LogP contribution in [0.3, 0.4) is 0 Å². The predicted octanol–water partition coefficient (Wildman–Crippen LogP) is 0.796. The summed E-state index contributed by atoms with van der Waals surface area (Å²) in [7, 11) is -4.14. The average molecular weight is 386 g/mol. The van der Waals surface area contributed by atoms with Crippen molar-refractivity contribution >= 4 is 19.3 Å². The van der Waals surface area contributed by atoms with Crippen LogP contribution >= 0.6 is 7.82 Å². The standard InChI is InChI=1S/C14H23N6O5P/c1-8(2)25-26(21,22)23-6-9-4-14(3,16)11(24-9)10-5-17-13-12(15)18-7-19-20(10)13/h5,7-9,11H,4,6,16H2,1-3H3,(H,21,22)(H2,15,18,19)/t9-,11-,14+/m0/s1. The number of ether oxygens (including phenoxy) is 1. The maximum atomic E-state index is 11.8. The van der Waals surface area contributed by atoms with Crippen molar-refractivity contribution in [2.45, 2.75) is 51.0 Å². The number of phosphoric acid groups is 1. The number of imidazole rings is 1. The van der Waals surface area contributed by atoms with E-state index in [1.54, 1.807) is 20.0 Å². The van der Waals surface area contributed by atoms with Crippen molar-refractivity contribution < 1.29 is 23.2 Å². The Bertz CT molecular complexity index is 840. The van der Waals surface area contributed by atoms with Gasteiger partial charge in [-0.1, -0.05) is 0 Å². The number of rotatable bonds is 6. The summed E-state index contributed by atoms with van der Waals surface area (Å²) in [5, 5.41) is 4.15.